The van der Waals surface area contributed by atoms with Crippen molar-refractivity contribution in [2.75, 3.05) is 11.9 Å². The highest BCUT2D eigenvalue weighted by Gasteiger charge is 2.16. The van der Waals surface area contributed by atoms with Crippen LogP contribution in [-0.2, 0) is 4.79 Å². The van der Waals surface area contributed by atoms with Gasteiger partial charge in [-0.2, -0.15) is 0 Å². The highest BCUT2D eigenvalue weighted by Crippen LogP contribution is 2.21. The number of pyridine rings is 1. The van der Waals surface area contributed by atoms with Gasteiger partial charge in [-0.1, -0.05) is 60.1 Å². The van der Waals surface area contributed by atoms with Crippen molar-refractivity contribution in [3.05, 3.63) is 95.3 Å². The summed E-state index contributed by atoms with van der Waals surface area (Å²) in [4.78, 5) is 16.7. The van der Waals surface area contributed by atoms with Gasteiger partial charge >= 0.3 is 0 Å². The first-order chi connectivity index (χ1) is 12.2. The Kier molecular flexibility index (Phi) is 5.77. The summed E-state index contributed by atoms with van der Waals surface area (Å²) < 4.78 is 0. The molecule has 0 fully saturated rings. The van der Waals surface area contributed by atoms with Crippen molar-refractivity contribution in [3.63, 3.8) is 0 Å². The van der Waals surface area contributed by atoms with Gasteiger partial charge in [0.15, 0.2) is 0 Å². The molecule has 4 nitrogen and oxygen atoms in total. The molecule has 0 aliphatic carbocycles. The summed E-state index contributed by atoms with van der Waals surface area (Å²) in [5.74, 6) is -0.162. The van der Waals surface area contributed by atoms with Crippen LogP contribution in [0.1, 0.15) is 17.3 Å². The van der Waals surface area contributed by atoms with Gasteiger partial charge in [0.25, 0.3) is 0 Å². The number of anilines is 1. The van der Waals surface area contributed by atoms with E-state index in [1.54, 1.807) is 18.3 Å². The van der Waals surface area contributed by atoms with Crippen molar-refractivity contribution in [2.24, 2.45) is 0 Å². The van der Waals surface area contributed by atoms with Gasteiger partial charge in [0.05, 0.1) is 29.0 Å². The van der Waals surface area contributed by atoms with E-state index in [-0.39, 0.29) is 18.5 Å². The topological polar surface area (TPSA) is 54.0 Å². The predicted octanol–water partition coefficient (Wildman–Crippen LogP) is 4.05. The summed E-state index contributed by atoms with van der Waals surface area (Å²) in [5.41, 5.74) is 2.51. The van der Waals surface area contributed by atoms with Crippen LogP contribution in [0.25, 0.3) is 0 Å². The Morgan fingerprint density at radius 2 is 1.68 bits per heavy atom. The van der Waals surface area contributed by atoms with Gasteiger partial charge < -0.3 is 5.32 Å². The van der Waals surface area contributed by atoms with E-state index >= 15 is 0 Å². The second-order valence-corrected chi connectivity index (χ2v) is 5.91. The Bertz CT molecular complexity index is 785. The average Bonchev–Trinajstić information content (AvgIpc) is 2.66. The molecule has 5 heteroatoms. The molecule has 0 spiro atoms. The first-order valence-corrected chi connectivity index (χ1v) is 8.35. The fourth-order valence-corrected chi connectivity index (χ4v) is 2.72. The van der Waals surface area contributed by atoms with Crippen LogP contribution in [0, 0.1) is 0 Å². The van der Waals surface area contributed by atoms with Crippen LogP contribution < -0.4 is 10.6 Å². The number of hydrogen-bond acceptors (Lipinski definition) is 3. The van der Waals surface area contributed by atoms with E-state index in [4.69, 9.17) is 11.6 Å². The Balaban J connectivity index is 1.71. The first-order valence-electron chi connectivity index (χ1n) is 7.97. The Morgan fingerprint density at radius 3 is 2.40 bits per heavy atom. The van der Waals surface area contributed by atoms with Crippen LogP contribution in [0.3, 0.4) is 0 Å². The Morgan fingerprint density at radius 1 is 0.960 bits per heavy atom. The van der Waals surface area contributed by atoms with Crippen molar-refractivity contribution in [1.82, 2.24) is 10.3 Å². The van der Waals surface area contributed by atoms with Crippen LogP contribution >= 0.6 is 11.6 Å². The third-order valence-electron chi connectivity index (χ3n) is 3.73. The maximum atomic E-state index is 12.3. The molecule has 0 saturated carbocycles. The molecule has 1 heterocycles. The molecule has 1 aromatic heterocycles. The van der Waals surface area contributed by atoms with Crippen molar-refractivity contribution >= 4 is 23.2 Å². The van der Waals surface area contributed by atoms with Crippen LogP contribution in [-0.4, -0.2) is 17.4 Å². The van der Waals surface area contributed by atoms with E-state index in [2.05, 4.69) is 15.6 Å². The summed E-state index contributed by atoms with van der Waals surface area (Å²) in [6, 6.07) is 22.7. The van der Waals surface area contributed by atoms with Crippen molar-refractivity contribution in [1.29, 1.82) is 0 Å². The smallest absolute Gasteiger partial charge is 0.238 e. The molecule has 0 radical (unpaired) electrons. The molecule has 1 unspecified atom stereocenters. The molecule has 1 atom stereocenters. The van der Waals surface area contributed by atoms with Gasteiger partial charge in [-0.05, 0) is 29.8 Å². The number of carbonyl (C=O) groups is 1. The lowest BCUT2D eigenvalue weighted by Crippen LogP contribution is -2.32. The van der Waals surface area contributed by atoms with Crippen LogP contribution in [0.5, 0.6) is 0 Å². The fourth-order valence-electron chi connectivity index (χ4n) is 2.54. The molecule has 2 aromatic carbocycles. The monoisotopic (exact) mass is 351 g/mol. The number of para-hydroxylation sites is 1. The standard InChI is InChI=1S/C20H18ClN3O/c21-16-10-4-5-11-17(16)24-19(25)14-23-20(15-8-2-1-3-9-15)18-12-6-7-13-22-18/h1-13,20,23H,14H2,(H,24,25). The number of nitrogens with zero attached hydrogens (tertiary/aromatic N) is 1. The summed E-state index contributed by atoms with van der Waals surface area (Å²) in [5, 5.41) is 6.60. The van der Waals surface area contributed by atoms with Crippen LogP contribution in [0.4, 0.5) is 5.69 Å². The number of nitrogens with one attached hydrogen (secondary N) is 2. The van der Waals surface area contributed by atoms with E-state index in [0.29, 0.717) is 10.7 Å². The maximum absolute atomic E-state index is 12.3. The Labute approximate surface area is 151 Å². The molecule has 0 saturated heterocycles. The highest BCUT2D eigenvalue weighted by atomic mass is 35.5. The molecule has 126 valence electrons. The number of benzene rings is 2. The lowest BCUT2D eigenvalue weighted by atomic mass is 10.0. The van der Waals surface area contributed by atoms with E-state index < -0.39 is 0 Å². The molecule has 2 N–H and O–H groups in total. The van der Waals surface area contributed by atoms with Crippen molar-refractivity contribution < 1.29 is 4.79 Å². The zero-order chi connectivity index (χ0) is 17.5. The summed E-state index contributed by atoms with van der Waals surface area (Å²) in [7, 11) is 0. The second kappa shape index (κ2) is 8.42. The van der Waals surface area contributed by atoms with Gasteiger partial charge in [0, 0.05) is 6.20 Å². The SMILES string of the molecule is O=C(CNC(c1ccccc1)c1ccccn1)Nc1ccccc1Cl. The van der Waals surface area contributed by atoms with Gasteiger partial charge in [0.1, 0.15) is 0 Å². The van der Waals surface area contributed by atoms with E-state index in [1.807, 2.05) is 60.7 Å². The summed E-state index contributed by atoms with van der Waals surface area (Å²) in [6.45, 7) is 0.140. The number of rotatable bonds is 6. The maximum Gasteiger partial charge on any atom is 0.238 e. The molecular weight excluding hydrogens is 334 g/mol. The number of amides is 1. The molecule has 25 heavy (non-hydrogen) atoms. The summed E-state index contributed by atoms with van der Waals surface area (Å²) in [6.07, 6.45) is 1.75. The van der Waals surface area contributed by atoms with Crippen molar-refractivity contribution in [3.8, 4) is 0 Å². The zero-order valence-corrected chi connectivity index (χ0v) is 14.3. The molecule has 0 aliphatic rings. The quantitative estimate of drug-likeness (QED) is 0.704. The van der Waals surface area contributed by atoms with E-state index in [1.165, 1.54) is 0 Å². The molecule has 3 aromatic rings. The third-order valence-corrected chi connectivity index (χ3v) is 4.06. The van der Waals surface area contributed by atoms with Gasteiger partial charge in [-0.15, -0.1) is 0 Å². The minimum absolute atomic E-state index is 0.140. The zero-order valence-electron chi connectivity index (χ0n) is 13.5. The molecular formula is C20H18ClN3O. The molecule has 0 aliphatic heterocycles. The lowest BCUT2D eigenvalue weighted by Gasteiger charge is -2.18. The summed E-state index contributed by atoms with van der Waals surface area (Å²) >= 11 is 6.08. The minimum Gasteiger partial charge on any atom is -0.324 e. The fraction of sp³-hybridized carbons (Fsp3) is 0.100. The first kappa shape index (κ1) is 17.1. The van der Waals surface area contributed by atoms with E-state index in [0.717, 1.165) is 11.3 Å². The lowest BCUT2D eigenvalue weighted by molar-refractivity contribution is -0.115. The van der Waals surface area contributed by atoms with Gasteiger partial charge in [-0.3, -0.25) is 15.1 Å². The second-order valence-electron chi connectivity index (χ2n) is 5.51. The predicted molar refractivity (Wildman–Crippen MR) is 101 cm³/mol. The molecule has 1 amide bonds. The van der Waals surface area contributed by atoms with Crippen LogP contribution in [0.2, 0.25) is 5.02 Å². The Hall–Kier alpha value is -2.69. The average molecular weight is 352 g/mol. The van der Waals surface area contributed by atoms with Gasteiger partial charge in [0.2, 0.25) is 5.91 Å². The number of carbonyl (C=O) groups excluding carboxylic acids is 1. The number of halogens is 1. The van der Waals surface area contributed by atoms with Gasteiger partial charge in [-0.25, -0.2) is 0 Å². The van der Waals surface area contributed by atoms with Crippen LogP contribution in [0.15, 0.2) is 79.0 Å². The number of hydrogen-bond donors (Lipinski definition) is 2. The molecule has 3 rings (SSSR count). The largest absolute Gasteiger partial charge is 0.324 e. The minimum atomic E-state index is -0.167. The number of aromatic nitrogens is 1. The normalized spacial score (nSPS) is 11.7. The van der Waals surface area contributed by atoms with E-state index in [9.17, 15) is 4.79 Å². The van der Waals surface area contributed by atoms with Crippen molar-refractivity contribution in [2.45, 2.75) is 6.04 Å². The molecule has 0 bridgehead atoms. The highest BCUT2D eigenvalue weighted by molar-refractivity contribution is 6.33. The third kappa shape index (κ3) is 4.66.